The van der Waals surface area contributed by atoms with Crippen molar-refractivity contribution in [3.63, 3.8) is 0 Å². The second-order valence-electron chi connectivity index (χ2n) is 3.57. The maximum Gasteiger partial charge on any atom is 1.00 e. The van der Waals surface area contributed by atoms with Crippen LogP contribution in [0.2, 0.25) is 0 Å². The van der Waals surface area contributed by atoms with Gasteiger partial charge in [0.05, 0.1) is 0 Å². The van der Waals surface area contributed by atoms with E-state index in [9.17, 15) is 0 Å². The maximum absolute atomic E-state index is 8.74. The Balaban J connectivity index is -0.000000105. The average Bonchev–Trinajstić information content (AvgIpc) is 2.08. The monoisotopic (exact) mass is 264 g/mol. The number of hydrogen-bond acceptors (Lipinski definition) is 2. The van der Waals surface area contributed by atoms with Crippen LogP contribution in [0.25, 0.3) is 0 Å². The first kappa shape index (κ1) is 22.1. The normalized spacial score (nSPS) is 10.0. The SMILES string of the molecule is CCCCCCCCCC.O=S(=O)(O)O.[H-].[Na+]. The molecule has 6 heteroatoms. The molecule has 0 heterocycles. The van der Waals surface area contributed by atoms with Crippen LogP contribution in [0.4, 0.5) is 0 Å². The molecule has 0 aromatic rings. The van der Waals surface area contributed by atoms with E-state index in [1.807, 2.05) is 0 Å². The number of rotatable bonds is 7. The summed E-state index contributed by atoms with van der Waals surface area (Å²) in [5.41, 5.74) is 0. The first-order valence-electron chi connectivity index (χ1n) is 5.61. The molecule has 0 rings (SSSR count). The second-order valence-corrected chi connectivity index (χ2v) is 4.46. The van der Waals surface area contributed by atoms with Crippen molar-refractivity contribution in [1.82, 2.24) is 0 Å². The van der Waals surface area contributed by atoms with Gasteiger partial charge < -0.3 is 1.43 Å². The summed E-state index contributed by atoms with van der Waals surface area (Å²) in [7, 11) is -4.67. The van der Waals surface area contributed by atoms with E-state index in [0.717, 1.165) is 0 Å². The van der Waals surface area contributed by atoms with Gasteiger partial charge in [-0.3, -0.25) is 9.11 Å². The molecule has 0 aliphatic heterocycles. The maximum atomic E-state index is 8.74. The summed E-state index contributed by atoms with van der Waals surface area (Å²) < 4.78 is 31.6. The van der Waals surface area contributed by atoms with E-state index in [1.54, 1.807) is 0 Å². The Labute approximate surface area is 124 Å². The predicted octanol–water partition coefficient (Wildman–Crippen LogP) is 0.611. The minimum absolute atomic E-state index is 0. The van der Waals surface area contributed by atoms with Crippen molar-refractivity contribution < 1.29 is 48.5 Å². The van der Waals surface area contributed by atoms with Crippen LogP contribution in [0.3, 0.4) is 0 Å². The van der Waals surface area contributed by atoms with Gasteiger partial charge in [-0.05, 0) is 0 Å². The second kappa shape index (κ2) is 15.9. The predicted molar refractivity (Wildman–Crippen MR) is 63.6 cm³/mol. The van der Waals surface area contributed by atoms with Crippen molar-refractivity contribution >= 4 is 10.4 Å². The van der Waals surface area contributed by atoms with Crippen molar-refractivity contribution in [2.24, 2.45) is 0 Å². The zero-order chi connectivity index (χ0) is 12.2. The van der Waals surface area contributed by atoms with Crippen LogP contribution < -0.4 is 29.6 Å². The molecule has 0 amide bonds. The molecule has 0 saturated carbocycles. The van der Waals surface area contributed by atoms with Crippen LogP contribution in [0.1, 0.15) is 66.6 Å². The Bertz CT molecular complexity index is 194. The quantitative estimate of drug-likeness (QED) is 0.401. The zero-order valence-corrected chi connectivity index (χ0v) is 13.6. The molecule has 4 nitrogen and oxygen atoms in total. The van der Waals surface area contributed by atoms with Gasteiger partial charge in [0, 0.05) is 0 Å². The van der Waals surface area contributed by atoms with Gasteiger partial charge in [-0.1, -0.05) is 65.2 Å². The van der Waals surface area contributed by atoms with E-state index >= 15 is 0 Å². The third kappa shape index (κ3) is 46.2. The summed E-state index contributed by atoms with van der Waals surface area (Å²) in [5.74, 6) is 0. The van der Waals surface area contributed by atoms with Gasteiger partial charge in [0.2, 0.25) is 0 Å². The molecule has 0 aliphatic rings. The van der Waals surface area contributed by atoms with E-state index in [2.05, 4.69) is 13.8 Å². The molecule has 0 aromatic heterocycles. The van der Waals surface area contributed by atoms with Crippen LogP contribution in [-0.2, 0) is 10.4 Å². The Hall–Kier alpha value is 0.870. The van der Waals surface area contributed by atoms with Crippen molar-refractivity contribution in [3.8, 4) is 0 Å². The minimum atomic E-state index is -4.67. The van der Waals surface area contributed by atoms with Gasteiger partial charge in [-0.15, -0.1) is 0 Å². The Morgan fingerprint density at radius 1 is 0.812 bits per heavy atom. The van der Waals surface area contributed by atoms with Crippen molar-refractivity contribution in [2.45, 2.75) is 65.2 Å². The summed E-state index contributed by atoms with van der Waals surface area (Å²) >= 11 is 0. The Kier molecular flexibility index (Phi) is 21.9. The van der Waals surface area contributed by atoms with Crippen LogP contribution in [-0.4, -0.2) is 17.5 Å². The van der Waals surface area contributed by atoms with E-state index in [4.69, 9.17) is 17.5 Å². The number of hydrogen-bond donors (Lipinski definition) is 2. The topological polar surface area (TPSA) is 74.6 Å². The van der Waals surface area contributed by atoms with E-state index in [1.165, 1.54) is 51.4 Å². The summed E-state index contributed by atoms with van der Waals surface area (Å²) in [4.78, 5) is 0. The molecule has 0 bridgehead atoms. The molecule has 0 unspecified atom stereocenters. The largest absolute Gasteiger partial charge is 1.00 e. The van der Waals surface area contributed by atoms with Crippen LogP contribution in [0.15, 0.2) is 0 Å². The Morgan fingerprint density at radius 2 is 1.00 bits per heavy atom. The van der Waals surface area contributed by atoms with Gasteiger partial charge in [0.1, 0.15) is 0 Å². The molecule has 0 aromatic carbocycles. The molecule has 0 atom stereocenters. The third-order valence-electron chi connectivity index (χ3n) is 1.96. The molecular formula is C10H25NaO4S. The van der Waals surface area contributed by atoms with Crippen molar-refractivity contribution in [1.29, 1.82) is 0 Å². The smallest absolute Gasteiger partial charge is 1.00 e. The molecule has 0 fully saturated rings. The standard InChI is InChI=1S/C10H22.Na.H2O4S.H/c1-3-5-7-9-10-8-6-4-2;;1-5(2,3)4;/h3-10H2,1-2H3;;(H2,1,2,3,4);/q;+1;;-1. The molecular weight excluding hydrogens is 239 g/mol. The van der Waals surface area contributed by atoms with Gasteiger partial charge >= 0.3 is 40.0 Å². The minimum Gasteiger partial charge on any atom is -1.00 e. The van der Waals surface area contributed by atoms with Gasteiger partial charge in [-0.25, -0.2) is 0 Å². The van der Waals surface area contributed by atoms with Gasteiger partial charge in [0.15, 0.2) is 0 Å². The van der Waals surface area contributed by atoms with Gasteiger partial charge in [0.25, 0.3) is 0 Å². The van der Waals surface area contributed by atoms with E-state index in [0.29, 0.717) is 0 Å². The summed E-state index contributed by atoms with van der Waals surface area (Å²) in [6.45, 7) is 4.54. The fourth-order valence-corrected chi connectivity index (χ4v) is 1.21. The molecule has 0 radical (unpaired) electrons. The first-order valence-corrected chi connectivity index (χ1v) is 7.01. The van der Waals surface area contributed by atoms with Crippen molar-refractivity contribution in [3.05, 3.63) is 0 Å². The van der Waals surface area contributed by atoms with Crippen LogP contribution >= 0.6 is 0 Å². The van der Waals surface area contributed by atoms with Crippen LogP contribution in [0, 0.1) is 0 Å². The average molecular weight is 264 g/mol. The van der Waals surface area contributed by atoms with Crippen molar-refractivity contribution in [2.75, 3.05) is 0 Å². The molecule has 0 aliphatic carbocycles. The number of unbranched alkanes of at least 4 members (excludes halogenated alkanes) is 7. The summed E-state index contributed by atoms with van der Waals surface area (Å²) in [6, 6.07) is 0. The molecule has 0 saturated heterocycles. The molecule has 0 spiro atoms. The molecule has 2 N–H and O–H groups in total. The molecule has 16 heavy (non-hydrogen) atoms. The summed E-state index contributed by atoms with van der Waals surface area (Å²) in [5, 5.41) is 0. The fraction of sp³-hybridized carbons (Fsp3) is 1.00. The summed E-state index contributed by atoms with van der Waals surface area (Å²) in [6.07, 6.45) is 11.5. The van der Waals surface area contributed by atoms with E-state index in [-0.39, 0.29) is 31.0 Å². The Morgan fingerprint density at radius 3 is 1.19 bits per heavy atom. The molecule has 96 valence electrons. The fourth-order valence-electron chi connectivity index (χ4n) is 1.21. The first-order chi connectivity index (χ1) is 6.91. The van der Waals surface area contributed by atoms with Gasteiger partial charge in [-0.2, -0.15) is 8.42 Å². The van der Waals surface area contributed by atoms with E-state index < -0.39 is 10.4 Å². The van der Waals surface area contributed by atoms with Crippen LogP contribution in [0.5, 0.6) is 0 Å². The zero-order valence-electron chi connectivity index (χ0n) is 11.8. The third-order valence-corrected chi connectivity index (χ3v) is 1.96.